The van der Waals surface area contributed by atoms with Crippen molar-refractivity contribution in [3.63, 3.8) is 0 Å². The van der Waals surface area contributed by atoms with Crippen molar-refractivity contribution in [2.75, 3.05) is 13.2 Å². The maximum Gasteiger partial charge on any atom is 0.122 e. The van der Waals surface area contributed by atoms with Crippen LogP contribution in [0.1, 0.15) is 49.3 Å². The van der Waals surface area contributed by atoms with Crippen LogP contribution in [0.3, 0.4) is 0 Å². The minimum atomic E-state index is 0.577. The van der Waals surface area contributed by atoms with Crippen molar-refractivity contribution >= 4 is 0 Å². The van der Waals surface area contributed by atoms with E-state index in [2.05, 4.69) is 32.9 Å². The van der Waals surface area contributed by atoms with Gasteiger partial charge in [-0.3, -0.25) is 0 Å². The van der Waals surface area contributed by atoms with E-state index in [1.165, 1.54) is 16.7 Å². The third-order valence-electron chi connectivity index (χ3n) is 3.45. The minimum Gasteiger partial charge on any atom is -0.494 e. The van der Waals surface area contributed by atoms with Crippen molar-refractivity contribution in [3.05, 3.63) is 28.8 Å². The Balaban J connectivity index is 2.91. The molecule has 17 heavy (non-hydrogen) atoms. The van der Waals surface area contributed by atoms with Crippen LogP contribution in [-0.4, -0.2) is 13.2 Å². The van der Waals surface area contributed by atoms with Crippen LogP contribution in [0.4, 0.5) is 0 Å². The van der Waals surface area contributed by atoms with E-state index < -0.39 is 0 Å². The fourth-order valence-electron chi connectivity index (χ4n) is 2.24. The van der Waals surface area contributed by atoms with Crippen molar-refractivity contribution in [2.45, 2.75) is 46.5 Å². The van der Waals surface area contributed by atoms with Gasteiger partial charge in [0.05, 0.1) is 6.61 Å². The molecule has 96 valence electrons. The maximum atomic E-state index is 5.61. The molecule has 1 aromatic carbocycles. The molecule has 2 heteroatoms. The molecule has 2 nitrogen and oxygen atoms in total. The number of hydrogen-bond acceptors (Lipinski definition) is 2. The van der Waals surface area contributed by atoms with E-state index in [1.807, 2.05) is 6.92 Å². The maximum absolute atomic E-state index is 5.61. The van der Waals surface area contributed by atoms with Gasteiger partial charge in [0.2, 0.25) is 0 Å². The SMILES string of the molecule is CCOc1ccc(C(C)CCCN)c(C)c1C. The summed E-state index contributed by atoms with van der Waals surface area (Å²) < 4.78 is 5.61. The second-order valence-electron chi connectivity index (χ2n) is 4.67. The molecular weight excluding hydrogens is 210 g/mol. The Morgan fingerprint density at radius 1 is 1.24 bits per heavy atom. The zero-order valence-electron chi connectivity index (χ0n) is 11.5. The van der Waals surface area contributed by atoms with Crippen LogP contribution in [0.2, 0.25) is 0 Å². The first-order valence-electron chi connectivity index (χ1n) is 6.54. The molecule has 1 unspecified atom stereocenters. The number of nitrogens with two attached hydrogens (primary N) is 1. The standard InChI is InChI=1S/C15H25NO/c1-5-17-15-9-8-14(12(3)13(15)4)11(2)7-6-10-16/h8-9,11H,5-7,10,16H2,1-4H3. The molecule has 2 N–H and O–H groups in total. The predicted octanol–water partition coefficient (Wildman–Crippen LogP) is 3.54. The lowest BCUT2D eigenvalue weighted by atomic mass is 9.90. The molecular formula is C15H25NO. The third-order valence-corrected chi connectivity index (χ3v) is 3.45. The number of rotatable bonds is 6. The molecule has 0 bridgehead atoms. The summed E-state index contributed by atoms with van der Waals surface area (Å²) in [4.78, 5) is 0. The Morgan fingerprint density at radius 2 is 1.94 bits per heavy atom. The predicted molar refractivity (Wildman–Crippen MR) is 73.8 cm³/mol. The lowest BCUT2D eigenvalue weighted by molar-refractivity contribution is 0.337. The van der Waals surface area contributed by atoms with Crippen molar-refractivity contribution < 1.29 is 4.74 Å². The largest absolute Gasteiger partial charge is 0.494 e. The zero-order chi connectivity index (χ0) is 12.8. The summed E-state index contributed by atoms with van der Waals surface area (Å²) in [6.45, 7) is 10.1. The van der Waals surface area contributed by atoms with Gasteiger partial charge < -0.3 is 10.5 Å². The van der Waals surface area contributed by atoms with Crippen LogP contribution in [0.15, 0.2) is 12.1 Å². The van der Waals surface area contributed by atoms with Crippen molar-refractivity contribution in [2.24, 2.45) is 5.73 Å². The van der Waals surface area contributed by atoms with Gasteiger partial charge >= 0.3 is 0 Å². The van der Waals surface area contributed by atoms with Crippen molar-refractivity contribution in [3.8, 4) is 5.75 Å². The molecule has 0 fully saturated rings. The van der Waals surface area contributed by atoms with Crippen LogP contribution in [0.5, 0.6) is 5.75 Å². The summed E-state index contributed by atoms with van der Waals surface area (Å²) in [5.74, 6) is 1.59. The van der Waals surface area contributed by atoms with Gasteiger partial charge in [0.1, 0.15) is 5.75 Å². The highest BCUT2D eigenvalue weighted by atomic mass is 16.5. The molecule has 0 saturated heterocycles. The highest BCUT2D eigenvalue weighted by Crippen LogP contribution is 2.30. The van der Waals surface area contributed by atoms with Crippen molar-refractivity contribution in [1.29, 1.82) is 0 Å². The van der Waals surface area contributed by atoms with E-state index in [1.54, 1.807) is 0 Å². The number of hydrogen-bond donors (Lipinski definition) is 1. The molecule has 1 atom stereocenters. The fourth-order valence-corrected chi connectivity index (χ4v) is 2.24. The van der Waals surface area contributed by atoms with Gasteiger partial charge in [-0.2, -0.15) is 0 Å². The minimum absolute atomic E-state index is 0.577. The second-order valence-corrected chi connectivity index (χ2v) is 4.67. The monoisotopic (exact) mass is 235 g/mol. The van der Waals surface area contributed by atoms with E-state index in [0.29, 0.717) is 5.92 Å². The average Bonchev–Trinajstić information content (AvgIpc) is 2.32. The molecule has 1 aromatic rings. The normalized spacial score (nSPS) is 12.5. The van der Waals surface area contributed by atoms with Crippen LogP contribution in [0.25, 0.3) is 0 Å². The lowest BCUT2D eigenvalue weighted by Crippen LogP contribution is -2.05. The van der Waals surface area contributed by atoms with E-state index in [0.717, 1.165) is 31.7 Å². The summed E-state index contributed by atoms with van der Waals surface area (Å²) in [5, 5.41) is 0. The first-order valence-corrected chi connectivity index (χ1v) is 6.54. The van der Waals surface area contributed by atoms with E-state index in [9.17, 15) is 0 Å². The molecule has 0 aliphatic heterocycles. The quantitative estimate of drug-likeness (QED) is 0.818. The van der Waals surface area contributed by atoms with Gasteiger partial charge in [0.25, 0.3) is 0 Å². The first kappa shape index (κ1) is 14.0. The molecule has 0 aromatic heterocycles. The van der Waals surface area contributed by atoms with Crippen LogP contribution < -0.4 is 10.5 Å². The molecule has 0 amide bonds. The smallest absolute Gasteiger partial charge is 0.122 e. The Hall–Kier alpha value is -1.02. The van der Waals surface area contributed by atoms with Gasteiger partial charge in [0.15, 0.2) is 0 Å². The molecule has 0 saturated carbocycles. The summed E-state index contributed by atoms with van der Waals surface area (Å²) >= 11 is 0. The lowest BCUT2D eigenvalue weighted by Gasteiger charge is -2.18. The first-order chi connectivity index (χ1) is 8.11. The Bertz CT molecular complexity index is 360. The summed E-state index contributed by atoms with van der Waals surface area (Å²) in [7, 11) is 0. The molecule has 0 spiro atoms. The Morgan fingerprint density at radius 3 is 2.53 bits per heavy atom. The van der Waals surface area contributed by atoms with Crippen molar-refractivity contribution in [1.82, 2.24) is 0 Å². The summed E-state index contributed by atoms with van der Waals surface area (Å²) in [6.07, 6.45) is 2.25. The highest BCUT2D eigenvalue weighted by Gasteiger charge is 2.12. The molecule has 0 aliphatic carbocycles. The number of ether oxygens (including phenoxy) is 1. The van der Waals surface area contributed by atoms with E-state index >= 15 is 0 Å². The summed E-state index contributed by atoms with van der Waals surface area (Å²) in [5.41, 5.74) is 9.63. The van der Waals surface area contributed by atoms with Gasteiger partial charge in [-0.15, -0.1) is 0 Å². The van der Waals surface area contributed by atoms with Gasteiger partial charge in [-0.25, -0.2) is 0 Å². The highest BCUT2D eigenvalue weighted by molar-refractivity contribution is 5.44. The Kier molecular flexibility index (Phi) is 5.49. The molecule has 0 heterocycles. The fraction of sp³-hybridized carbons (Fsp3) is 0.600. The third kappa shape index (κ3) is 3.47. The molecule has 0 aliphatic rings. The zero-order valence-corrected chi connectivity index (χ0v) is 11.5. The second kappa shape index (κ2) is 6.65. The van der Waals surface area contributed by atoms with Gasteiger partial charge in [0, 0.05) is 0 Å². The van der Waals surface area contributed by atoms with E-state index in [-0.39, 0.29) is 0 Å². The molecule has 1 rings (SSSR count). The topological polar surface area (TPSA) is 35.2 Å². The van der Waals surface area contributed by atoms with Gasteiger partial charge in [-0.05, 0) is 68.8 Å². The molecule has 0 radical (unpaired) electrons. The summed E-state index contributed by atoms with van der Waals surface area (Å²) in [6, 6.07) is 4.30. The van der Waals surface area contributed by atoms with Crippen LogP contribution >= 0.6 is 0 Å². The van der Waals surface area contributed by atoms with Crippen LogP contribution in [0, 0.1) is 13.8 Å². The van der Waals surface area contributed by atoms with Gasteiger partial charge in [-0.1, -0.05) is 13.0 Å². The number of benzene rings is 1. The van der Waals surface area contributed by atoms with Crippen LogP contribution in [-0.2, 0) is 0 Å². The Labute approximate surface area is 105 Å². The average molecular weight is 235 g/mol. The van der Waals surface area contributed by atoms with E-state index in [4.69, 9.17) is 10.5 Å².